The number of nitrogens with two attached hydrogens (primary N) is 1. The van der Waals surface area contributed by atoms with E-state index in [4.69, 9.17) is 22.1 Å². The van der Waals surface area contributed by atoms with Crippen LogP contribution in [-0.4, -0.2) is 30.0 Å². The van der Waals surface area contributed by atoms with Crippen LogP contribution in [0, 0.1) is 5.82 Å². The largest absolute Gasteiger partial charge is 0.385 e. The van der Waals surface area contributed by atoms with Gasteiger partial charge in [-0.25, -0.2) is 13.2 Å². The molecule has 4 rings (SSSR count). The van der Waals surface area contributed by atoms with Gasteiger partial charge in [-0.05, 0) is 49.4 Å². The number of fused-ring (bicyclic) bond motifs is 1. The van der Waals surface area contributed by atoms with Gasteiger partial charge in [0.1, 0.15) is 24.9 Å². The van der Waals surface area contributed by atoms with Crippen molar-refractivity contribution in [2.24, 2.45) is 10.7 Å². The lowest BCUT2D eigenvalue weighted by atomic mass is 9.84. The third-order valence-corrected chi connectivity index (χ3v) is 5.97. The second-order valence-electron chi connectivity index (χ2n) is 7.82. The maximum Gasteiger partial charge on any atom is 0.299 e. The van der Waals surface area contributed by atoms with E-state index in [1.54, 1.807) is 12.3 Å². The zero-order valence-electron chi connectivity index (χ0n) is 15.9. The van der Waals surface area contributed by atoms with Gasteiger partial charge >= 0.3 is 0 Å². The summed E-state index contributed by atoms with van der Waals surface area (Å²) in [6, 6.07) is 6.22. The summed E-state index contributed by atoms with van der Waals surface area (Å²) in [5.74, 6) is -4.11. The highest BCUT2D eigenvalue weighted by Gasteiger charge is 2.54. The van der Waals surface area contributed by atoms with Gasteiger partial charge in [-0.3, -0.25) is 9.98 Å². The van der Waals surface area contributed by atoms with E-state index in [9.17, 15) is 13.2 Å². The van der Waals surface area contributed by atoms with Gasteiger partial charge in [-0.2, -0.15) is 0 Å². The van der Waals surface area contributed by atoms with Crippen molar-refractivity contribution >= 4 is 17.4 Å². The average molecular weight is 424 g/mol. The number of pyridine rings is 1. The van der Waals surface area contributed by atoms with Crippen LogP contribution in [0.2, 0.25) is 5.02 Å². The van der Waals surface area contributed by atoms with Crippen LogP contribution < -0.4 is 5.73 Å². The molecule has 8 heteroatoms. The molecule has 0 saturated carbocycles. The monoisotopic (exact) mass is 423 g/mol. The lowest BCUT2D eigenvalue weighted by Gasteiger charge is -2.33. The predicted molar refractivity (Wildman–Crippen MR) is 105 cm³/mol. The quantitative estimate of drug-likeness (QED) is 0.796. The molecule has 1 aromatic heterocycles. The molecule has 1 aliphatic carbocycles. The van der Waals surface area contributed by atoms with Gasteiger partial charge in [0.2, 0.25) is 0 Å². The van der Waals surface area contributed by atoms with Gasteiger partial charge in [0.15, 0.2) is 5.54 Å². The molecule has 2 heterocycles. The molecule has 2 aromatic rings. The fourth-order valence-corrected chi connectivity index (χ4v) is 4.35. The van der Waals surface area contributed by atoms with Crippen LogP contribution in [0.3, 0.4) is 0 Å². The van der Waals surface area contributed by atoms with Gasteiger partial charge in [-0.15, -0.1) is 0 Å². The van der Waals surface area contributed by atoms with Crippen molar-refractivity contribution in [2.45, 2.75) is 43.6 Å². The first kappa shape index (κ1) is 20.2. The number of alkyl halides is 2. The lowest BCUT2D eigenvalue weighted by molar-refractivity contribution is -0.116. The Hall–Kier alpha value is -2.12. The van der Waals surface area contributed by atoms with Crippen LogP contribution in [0.4, 0.5) is 13.2 Å². The first-order valence-corrected chi connectivity index (χ1v) is 9.80. The Morgan fingerprint density at radius 3 is 2.90 bits per heavy atom. The van der Waals surface area contributed by atoms with Gasteiger partial charge in [0.05, 0.1) is 5.02 Å². The second kappa shape index (κ2) is 7.29. The maximum atomic E-state index is 14.8. The third-order valence-electron chi connectivity index (χ3n) is 5.77. The molecular weight excluding hydrogens is 403 g/mol. The van der Waals surface area contributed by atoms with Crippen molar-refractivity contribution in [1.82, 2.24) is 4.98 Å². The summed E-state index contributed by atoms with van der Waals surface area (Å²) < 4.78 is 49.3. The highest BCUT2D eigenvalue weighted by atomic mass is 35.5. The fraction of sp³-hybridized carbons (Fsp3) is 0.429. The molecule has 4 nitrogen and oxygen atoms in total. The van der Waals surface area contributed by atoms with E-state index >= 15 is 0 Å². The van der Waals surface area contributed by atoms with E-state index < -0.39 is 23.9 Å². The summed E-state index contributed by atoms with van der Waals surface area (Å²) in [5, 5.41) is 0.592. The molecule has 0 amide bonds. The molecule has 0 bridgehead atoms. The Balaban J connectivity index is 1.70. The fourth-order valence-electron chi connectivity index (χ4n) is 4.16. The Labute approximate surface area is 171 Å². The summed E-state index contributed by atoms with van der Waals surface area (Å²) in [6.07, 6.45) is 3.91. The zero-order chi connectivity index (χ0) is 20.8. The molecule has 1 aliphatic heterocycles. The number of aromatic nitrogens is 1. The third kappa shape index (κ3) is 3.62. The Bertz CT molecular complexity index is 982. The normalized spacial score (nSPS) is 26.0. The molecule has 0 radical (unpaired) electrons. The molecule has 29 heavy (non-hydrogen) atoms. The molecule has 2 atom stereocenters. The Kier molecular flexibility index (Phi) is 5.07. The molecule has 2 N–H and O–H groups in total. The maximum absolute atomic E-state index is 14.8. The Morgan fingerprint density at radius 1 is 1.31 bits per heavy atom. The number of hydrogen-bond acceptors (Lipinski definition) is 4. The molecular formula is C21H21ClF3N3O. The van der Waals surface area contributed by atoms with Gasteiger partial charge < -0.3 is 10.5 Å². The van der Waals surface area contributed by atoms with Crippen molar-refractivity contribution in [3.63, 3.8) is 0 Å². The minimum atomic E-state index is -3.41. The van der Waals surface area contributed by atoms with Crippen LogP contribution in [0.5, 0.6) is 0 Å². The van der Waals surface area contributed by atoms with Crippen molar-refractivity contribution in [3.8, 4) is 0 Å². The highest BCUT2D eigenvalue weighted by molar-refractivity contribution is 6.30. The number of aliphatic imine (C=N–C) groups is 1. The number of rotatable bonds is 3. The van der Waals surface area contributed by atoms with Crippen LogP contribution >= 0.6 is 11.6 Å². The van der Waals surface area contributed by atoms with Crippen molar-refractivity contribution < 1.29 is 17.9 Å². The van der Waals surface area contributed by atoms with E-state index in [0.29, 0.717) is 11.4 Å². The minimum Gasteiger partial charge on any atom is -0.385 e. The average Bonchev–Trinajstić information content (AvgIpc) is 2.99. The van der Waals surface area contributed by atoms with Gasteiger partial charge in [0.25, 0.3) is 5.92 Å². The SMILES string of the molecule is C[C@]1(c2cc(C[C@H]3CCc4cc(Cl)cnc43)ccc2F)N=C(N)COCC1(F)F. The zero-order valence-corrected chi connectivity index (χ0v) is 16.6. The first-order valence-electron chi connectivity index (χ1n) is 9.42. The number of nitrogens with zero attached hydrogens (tertiary/aromatic N) is 2. The summed E-state index contributed by atoms with van der Waals surface area (Å²) in [6.45, 7) is 0.114. The van der Waals surface area contributed by atoms with Crippen LogP contribution in [-0.2, 0) is 23.1 Å². The van der Waals surface area contributed by atoms with Crippen LogP contribution in [0.25, 0.3) is 0 Å². The topological polar surface area (TPSA) is 60.5 Å². The van der Waals surface area contributed by atoms with Gasteiger partial charge in [-0.1, -0.05) is 23.7 Å². The minimum absolute atomic E-state index is 0.0831. The summed E-state index contributed by atoms with van der Waals surface area (Å²) in [5.41, 5.74) is 6.18. The number of aryl methyl sites for hydroxylation is 1. The molecule has 0 saturated heterocycles. The van der Waals surface area contributed by atoms with Crippen molar-refractivity contribution in [1.29, 1.82) is 0 Å². The van der Waals surface area contributed by atoms with Crippen molar-refractivity contribution in [2.75, 3.05) is 13.2 Å². The summed E-state index contributed by atoms with van der Waals surface area (Å²) >= 11 is 6.01. The van der Waals surface area contributed by atoms with E-state index in [0.717, 1.165) is 29.7 Å². The first-order chi connectivity index (χ1) is 13.7. The molecule has 2 aliphatic rings. The smallest absolute Gasteiger partial charge is 0.299 e. The molecule has 154 valence electrons. The molecule has 0 spiro atoms. The summed E-state index contributed by atoms with van der Waals surface area (Å²) in [7, 11) is 0. The Morgan fingerprint density at radius 2 is 2.10 bits per heavy atom. The molecule has 0 fully saturated rings. The number of hydrogen-bond donors (Lipinski definition) is 1. The van der Waals surface area contributed by atoms with Crippen LogP contribution in [0.15, 0.2) is 35.5 Å². The van der Waals surface area contributed by atoms with E-state index in [1.807, 2.05) is 6.07 Å². The van der Waals surface area contributed by atoms with Crippen molar-refractivity contribution in [3.05, 3.63) is 63.7 Å². The highest BCUT2D eigenvalue weighted by Crippen LogP contribution is 2.44. The lowest BCUT2D eigenvalue weighted by Crippen LogP contribution is -2.45. The second-order valence-corrected chi connectivity index (χ2v) is 8.26. The standard InChI is InChI=1S/C21H21ClF3N3O/c1-20(21(24,25)11-29-10-18(26)28-20)16-7-12(2-5-17(16)23)6-13-3-4-14-8-15(22)9-27-19(13)14/h2,5,7-9,13H,3-4,6,10-11H2,1H3,(H2,26,28)/t13-,20-/m1/s1. The van der Waals surface area contributed by atoms with E-state index in [1.165, 1.54) is 19.1 Å². The summed E-state index contributed by atoms with van der Waals surface area (Å²) in [4.78, 5) is 8.41. The van der Waals surface area contributed by atoms with E-state index in [2.05, 4.69) is 9.98 Å². The number of benzene rings is 1. The van der Waals surface area contributed by atoms with Gasteiger partial charge in [0, 0.05) is 23.4 Å². The predicted octanol–water partition coefficient (Wildman–Crippen LogP) is 4.38. The van der Waals surface area contributed by atoms with E-state index in [-0.39, 0.29) is 23.9 Å². The van der Waals surface area contributed by atoms with Crippen LogP contribution in [0.1, 0.15) is 41.6 Å². The number of halogens is 4. The number of ether oxygens (including phenoxy) is 1. The molecule has 1 aromatic carbocycles. The molecule has 0 unspecified atom stereocenters. The number of amidine groups is 1.